The molecular weight excluding hydrogens is 258 g/mol. The third-order valence-corrected chi connectivity index (χ3v) is 3.46. The van der Waals surface area contributed by atoms with Gasteiger partial charge in [-0.05, 0) is 39.0 Å². The fourth-order valence-corrected chi connectivity index (χ4v) is 2.38. The molecule has 20 heavy (non-hydrogen) atoms. The van der Waals surface area contributed by atoms with Crippen molar-refractivity contribution in [3.63, 3.8) is 0 Å². The molecule has 0 saturated carbocycles. The number of ether oxygens (including phenoxy) is 2. The lowest BCUT2D eigenvalue weighted by atomic mass is 9.93. The highest BCUT2D eigenvalue weighted by Gasteiger charge is 2.29. The third-order valence-electron chi connectivity index (χ3n) is 3.46. The van der Waals surface area contributed by atoms with E-state index in [1.807, 2.05) is 0 Å². The molecule has 0 saturated heterocycles. The minimum atomic E-state index is -0.403. The molecule has 0 amide bonds. The van der Waals surface area contributed by atoms with E-state index in [0.29, 0.717) is 24.3 Å². The highest BCUT2D eigenvalue weighted by atomic mass is 16.5. The maximum absolute atomic E-state index is 11.9. The molecule has 0 fully saturated rings. The van der Waals surface area contributed by atoms with Crippen LogP contribution in [0.25, 0.3) is 0 Å². The SMILES string of the molecule is CCOC(=O)C1=C(N=C=O)C(OC(CC)CC)CCC1. The van der Waals surface area contributed by atoms with E-state index in [1.165, 1.54) is 6.08 Å². The molecule has 0 heterocycles. The Balaban J connectivity index is 3.01. The van der Waals surface area contributed by atoms with Gasteiger partial charge in [-0.15, -0.1) is 0 Å². The number of nitrogens with zero attached hydrogens (tertiary/aromatic N) is 1. The van der Waals surface area contributed by atoms with Crippen LogP contribution in [0.5, 0.6) is 0 Å². The lowest BCUT2D eigenvalue weighted by Gasteiger charge is -2.28. The summed E-state index contributed by atoms with van der Waals surface area (Å²) < 4.78 is 11.0. The molecule has 0 radical (unpaired) electrons. The number of hydrogen-bond acceptors (Lipinski definition) is 5. The molecule has 0 spiro atoms. The monoisotopic (exact) mass is 281 g/mol. The molecule has 0 aliphatic heterocycles. The van der Waals surface area contributed by atoms with E-state index in [9.17, 15) is 9.59 Å². The minimum absolute atomic E-state index is 0.110. The highest BCUT2D eigenvalue weighted by molar-refractivity contribution is 5.89. The molecule has 0 N–H and O–H groups in total. The van der Waals surface area contributed by atoms with Crippen LogP contribution in [0.15, 0.2) is 16.3 Å². The van der Waals surface area contributed by atoms with Gasteiger partial charge in [0.25, 0.3) is 0 Å². The molecule has 0 aromatic heterocycles. The second-order valence-corrected chi connectivity index (χ2v) is 4.74. The topological polar surface area (TPSA) is 65.0 Å². The van der Waals surface area contributed by atoms with Crippen molar-refractivity contribution in [3.8, 4) is 0 Å². The molecule has 1 rings (SSSR count). The van der Waals surface area contributed by atoms with Gasteiger partial charge >= 0.3 is 5.97 Å². The zero-order valence-electron chi connectivity index (χ0n) is 12.5. The van der Waals surface area contributed by atoms with Gasteiger partial charge in [0.05, 0.1) is 24.0 Å². The Morgan fingerprint density at radius 1 is 1.40 bits per heavy atom. The van der Waals surface area contributed by atoms with Crippen molar-refractivity contribution in [3.05, 3.63) is 11.3 Å². The average Bonchev–Trinajstić information content (AvgIpc) is 2.46. The second kappa shape index (κ2) is 8.67. The molecule has 0 aromatic carbocycles. The number of rotatable bonds is 7. The summed E-state index contributed by atoms with van der Waals surface area (Å²) in [6.45, 7) is 6.16. The summed E-state index contributed by atoms with van der Waals surface area (Å²) in [4.78, 5) is 26.3. The summed E-state index contributed by atoms with van der Waals surface area (Å²) in [5.74, 6) is -0.403. The minimum Gasteiger partial charge on any atom is -0.463 e. The van der Waals surface area contributed by atoms with Crippen LogP contribution in [0.2, 0.25) is 0 Å². The largest absolute Gasteiger partial charge is 0.463 e. The second-order valence-electron chi connectivity index (χ2n) is 4.74. The van der Waals surface area contributed by atoms with Crippen LogP contribution in [-0.4, -0.2) is 30.9 Å². The maximum Gasteiger partial charge on any atom is 0.335 e. The average molecular weight is 281 g/mol. The van der Waals surface area contributed by atoms with Gasteiger partial charge in [-0.2, -0.15) is 4.99 Å². The van der Waals surface area contributed by atoms with Crippen LogP contribution >= 0.6 is 0 Å². The van der Waals surface area contributed by atoms with E-state index in [0.717, 1.165) is 25.7 Å². The zero-order valence-corrected chi connectivity index (χ0v) is 12.5. The zero-order chi connectivity index (χ0) is 15.0. The van der Waals surface area contributed by atoms with E-state index in [2.05, 4.69) is 18.8 Å². The van der Waals surface area contributed by atoms with Crippen LogP contribution in [0, 0.1) is 0 Å². The van der Waals surface area contributed by atoms with Gasteiger partial charge in [-0.25, -0.2) is 9.59 Å². The number of isocyanates is 1. The summed E-state index contributed by atoms with van der Waals surface area (Å²) in [7, 11) is 0. The van der Waals surface area contributed by atoms with Crippen molar-refractivity contribution >= 4 is 12.0 Å². The lowest BCUT2D eigenvalue weighted by Crippen LogP contribution is -2.28. The first-order valence-electron chi connectivity index (χ1n) is 7.31. The summed E-state index contributed by atoms with van der Waals surface area (Å²) in [5, 5.41) is 0. The lowest BCUT2D eigenvalue weighted by molar-refractivity contribution is -0.139. The Bertz CT molecular complexity index is 406. The Hall–Kier alpha value is -1.45. The fraction of sp³-hybridized carbons (Fsp3) is 0.733. The van der Waals surface area contributed by atoms with Crippen molar-refractivity contribution in [2.75, 3.05) is 6.61 Å². The highest BCUT2D eigenvalue weighted by Crippen LogP contribution is 2.30. The van der Waals surface area contributed by atoms with Crippen LogP contribution < -0.4 is 0 Å². The first-order valence-corrected chi connectivity index (χ1v) is 7.31. The molecule has 1 atom stereocenters. The Kier molecular flexibility index (Phi) is 7.20. The van der Waals surface area contributed by atoms with E-state index in [-0.39, 0.29) is 12.2 Å². The number of esters is 1. The molecule has 112 valence electrons. The smallest absolute Gasteiger partial charge is 0.335 e. The van der Waals surface area contributed by atoms with E-state index < -0.39 is 5.97 Å². The van der Waals surface area contributed by atoms with Gasteiger partial charge in [0.15, 0.2) is 0 Å². The quantitative estimate of drug-likeness (QED) is 0.409. The first-order chi connectivity index (χ1) is 9.67. The van der Waals surface area contributed by atoms with E-state index >= 15 is 0 Å². The van der Waals surface area contributed by atoms with Gasteiger partial charge in [0, 0.05) is 0 Å². The van der Waals surface area contributed by atoms with Gasteiger partial charge in [-0.3, -0.25) is 0 Å². The summed E-state index contributed by atoms with van der Waals surface area (Å²) in [6, 6.07) is 0. The number of carbonyl (C=O) groups is 1. The van der Waals surface area contributed by atoms with Crippen LogP contribution in [0.4, 0.5) is 0 Å². The van der Waals surface area contributed by atoms with Gasteiger partial charge in [0.2, 0.25) is 6.08 Å². The van der Waals surface area contributed by atoms with Gasteiger partial charge < -0.3 is 9.47 Å². The van der Waals surface area contributed by atoms with E-state index in [1.54, 1.807) is 6.92 Å². The summed E-state index contributed by atoms with van der Waals surface area (Å²) in [5.41, 5.74) is 0.856. The fourth-order valence-electron chi connectivity index (χ4n) is 2.38. The van der Waals surface area contributed by atoms with Crippen molar-refractivity contribution in [2.24, 2.45) is 4.99 Å². The van der Waals surface area contributed by atoms with E-state index in [4.69, 9.17) is 9.47 Å². The van der Waals surface area contributed by atoms with Crippen molar-refractivity contribution in [1.29, 1.82) is 0 Å². The molecule has 5 heteroatoms. The molecule has 1 unspecified atom stereocenters. The number of aliphatic imine (C=N–C) groups is 1. The predicted octanol–water partition coefficient (Wildman–Crippen LogP) is 2.90. The number of carbonyl (C=O) groups excluding carboxylic acids is 2. The van der Waals surface area contributed by atoms with Crippen molar-refractivity contribution in [1.82, 2.24) is 0 Å². The number of hydrogen-bond donors (Lipinski definition) is 0. The van der Waals surface area contributed by atoms with Crippen molar-refractivity contribution in [2.45, 2.75) is 65.1 Å². The standard InChI is InChI=1S/C15H23NO4/c1-4-11(5-2)20-13-9-7-8-12(14(13)16-10-17)15(18)19-6-3/h11,13H,4-9H2,1-3H3. The Morgan fingerprint density at radius 2 is 2.10 bits per heavy atom. The van der Waals surface area contributed by atoms with Gasteiger partial charge in [0.1, 0.15) is 6.10 Å². The summed E-state index contributed by atoms with van der Waals surface area (Å²) in [6.07, 6.45) is 5.27. The molecule has 0 aromatic rings. The molecule has 5 nitrogen and oxygen atoms in total. The van der Waals surface area contributed by atoms with Crippen LogP contribution in [-0.2, 0) is 19.1 Å². The van der Waals surface area contributed by atoms with Crippen LogP contribution in [0.3, 0.4) is 0 Å². The van der Waals surface area contributed by atoms with Crippen LogP contribution in [0.1, 0.15) is 52.9 Å². The first kappa shape index (κ1) is 16.6. The van der Waals surface area contributed by atoms with Crippen molar-refractivity contribution < 1.29 is 19.1 Å². The Morgan fingerprint density at radius 3 is 2.65 bits per heavy atom. The third kappa shape index (κ3) is 4.29. The molecule has 1 aliphatic carbocycles. The predicted molar refractivity (Wildman–Crippen MR) is 74.9 cm³/mol. The maximum atomic E-state index is 11.9. The normalized spacial score (nSPS) is 18.9. The molecule has 0 bridgehead atoms. The summed E-state index contributed by atoms with van der Waals surface area (Å²) >= 11 is 0. The van der Waals surface area contributed by atoms with Gasteiger partial charge in [-0.1, -0.05) is 13.8 Å². The molecular formula is C15H23NO4. The Labute approximate surface area is 120 Å². The molecule has 1 aliphatic rings.